The van der Waals surface area contributed by atoms with Crippen LogP contribution in [0.2, 0.25) is 10.0 Å². The van der Waals surface area contributed by atoms with Crippen LogP contribution in [0.1, 0.15) is 44.2 Å². The van der Waals surface area contributed by atoms with Gasteiger partial charge in [-0.15, -0.1) is 0 Å². The number of hydrogen-bond acceptors (Lipinski definition) is 2. The first kappa shape index (κ1) is 15.5. The first-order valence-electron chi connectivity index (χ1n) is 7.69. The van der Waals surface area contributed by atoms with Gasteiger partial charge in [0.2, 0.25) is 0 Å². The highest BCUT2D eigenvalue weighted by atomic mass is 35.5. The summed E-state index contributed by atoms with van der Waals surface area (Å²) < 4.78 is 13.6. The zero-order valence-corrected chi connectivity index (χ0v) is 13.7. The number of nitrogens with one attached hydrogen (secondary N) is 1. The number of piperidine rings is 1. The summed E-state index contributed by atoms with van der Waals surface area (Å²) in [7, 11) is 0. The van der Waals surface area contributed by atoms with Crippen molar-refractivity contribution in [3.8, 4) is 0 Å². The van der Waals surface area contributed by atoms with Gasteiger partial charge >= 0.3 is 0 Å². The molecule has 21 heavy (non-hydrogen) atoms. The molecule has 0 spiro atoms. The topological polar surface area (TPSA) is 15.3 Å². The van der Waals surface area contributed by atoms with Crippen molar-refractivity contribution in [3.63, 3.8) is 0 Å². The van der Waals surface area contributed by atoms with E-state index >= 15 is 0 Å². The third-order valence-electron chi connectivity index (χ3n) is 4.58. The van der Waals surface area contributed by atoms with Crippen molar-refractivity contribution in [3.05, 3.63) is 33.6 Å². The van der Waals surface area contributed by atoms with Crippen molar-refractivity contribution >= 4 is 23.2 Å². The van der Waals surface area contributed by atoms with Gasteiger partial charge in [0, 0.05) is 23.1 Å². The molecule has 1 saturated heterocycles. The van der Waals surface area contributed by atoms with Crippen molar-refractivity contribution in [2.24, 2.45) is 0 Å². The van der Waals surface area contributed by atoms with Gasteiger partial charge in [0.05, 0.1) is 5.02 Å². The van der Waals surface area contributed by atoms with Gasteiger partial charge in [-0.2, -0.15) is 0 Å². The first-order chi connectivity index (χ1) is 10.0. The normalized spacial score (nSPS) is 22.5. The molecule has 0 amide bonds. The molecule has 1 aliphatic carbocycles. The number of likely N-dealkylation sites (tertiary alicyclic amines) is 1. The lowest BCUT2D eigenvalue weighted by Crippen LogP contribution is -2.44. The number of hydrogen-bond donors (Lipinski definition) is 1. The van der Waals surface area contributed by atoms with Crippen LogP contribution in [0.5, 0.6) is 0 Å². The van der Waals surface area contributed by atoms with Crippen molar-refractivity contribution in [1.82, 2.24) is 10.2 Å². The smallest absolute Gasteiger partial charge is 0.142 e. The molecule has 116 valence electrons. The number of halogens is 3. The molecule has 1 saturated carbocycles. The van der Waals surface area contributed by atoms with Crippen LogP contribution in [0.15, 0.2) is 12.1 Å². The van der Waals surface area contributed by atoms with Gasteiger partial charge in [-0.25, -0.2) is 4.39 Å². The van der Waals surface area contributed by atoms with Crippen molar-refractivity contribution in [2.45, 2.75) is 50.7 Å². The Labute approximate surface area is 135 Å². The van der Waals surface area contributed by atoms with Crippen LogP contribution in [0, 0.1) is 5.82 Å². The van der Waals surface area contributed by atoms with Gasteiger partial charge in [0.15, 0.2) is 0 Å². The quantitative estimate of drug-likeness (QED) is 0.822. The Hall–Kier alpha value is -0.350. The SMILES string of the molecule is CC(NC1CCN(C2CC2)CC1)c1cc(F)c(Cl)cc1Cl. The summed E-state index contributed by atoms with van der Waals surface area (Å²) in [6, 6.07) is 4.29. The Morgan fingerprint density at radius 2 is 1.81 bits per heavy atom. The minimum Gasteiger partial charge on any atom is -0.307 e. The molecule has 1 aromatic rings. The van der Waals surface area contributed by atoms with Gasteiger partial charge < -0.3 is 10.2 Å². The molecule has 2 aliphatic rings. The van der Waals surface area contributed by atoms with Crippen LogP contribution in [-0.4, -0.2) is 30.1 Å². The first-order valence-corrected chi connectivity index (χ1v) is 8.44. The predicted molar refractivity (Wildman–Crippen MR) is 85.6 cm³/mol. The molecule has 1 heterocycles. The van der Waals surface area contributed by atoms with Crippen molar-refractivity contribution in [1.29, 1.82) is 0 Å². The van der Waals surface area contributed by atoms with Gasteiger partial charge in [0.25, 0.3) is 0 Å². The van der Waals surface area contributed by atoms with Crippen LogP contribution in [-0.2, 0) is 0 Å². The predicted octanol–water partition coefficient (Wildman–Crippen LogP) is 4.41. The van der Waals surface area contributed by atoms with E-state index in [1.54, 1.807) is 0 Å². The highest BCUT2D eigenvalue weighted by Gasteiger charge is 2.32. The molecule has 2 nitrogen and oxygen atoms in total. The molecule has 0 radical (unpaired) electrons. The minimum atomic E-state index is -0.409. The highest BCUT2D eigenvalue weighted by molar-refractivity contribution is 6.35. The zero-order chi connectivity index (χ0) is 15.0. The summed E-state index contributed by atoms with van der Waals surface area (Å²) in [5, 5.41) is 4.18. The largest absolute Gasteiger partial charge is 0.307 e. The Balaban J connectivity index is 1.58. The fraction of sp³-hybridized carbons (Fsp3) is 0.625. The summed E-state index contributed by atoms with van der Waals surface area (Å²) in [5.41, 5.74) is 0.781. The standard InChI is InChI=1S/C16H21Cl2FN2/c1-10(13-8-16(19)15(18)9-14(13)17)20-11-4-6-21(7-5-11)12-2-3-12/h8-12,20H,2-7H2,1H3. The van der Waals surface area contributed by atoms with Gasteiger partial charge in [-0.1, -0.05) is 23.2 Å². The average Bonchev–Trinajstić information content (AvgIpc) is 3.28. The lowest BCUT2D eigenvalue weighted by Gasteiger charge is -2.34. The molecule has 1 aromatic carbocycles. The van der Waals surface area contributed by atoms with E-state index in [1.807, 2.05) is 6.92 Å². The Bertz CT molecular complexity index is 511. The lowest BCUT2D eigenvalue weighted by molar-refractivity contribution is 0.184. The molecular weight excluding hydrogens is 310 g/mol. The summed E-state index contributed by atoms with van der Waals surface area (Å²) >= 11 is 11.9. The van der Waals surface area contributed by atoms with E-state index in [1.165, 1.54) is 25.0 Å². The van der Waals surface area contributed by atoms with E-state index in [0.29, 0.717) is 11.1 Å². The Morgan fingerprint density at radius 3 is 2.43 bits per heavy atom. The molecule has 1 aliphatic heterocycles. The summed E-state index contributed by atoms with van der Waals surface area (Å²) in [6.45, 7) is 4.36. The second kappa shape index (κ2) is 6.41. The molecule has 1 unspecified atom stereocenters. The maximum atomic E-state index is 13.6. The third-order valence-corrected chi connectivity index (χ3v) is 5.20. The molecule has 1 N–H and O–H groups in total. The maximum absolute atomic E-state index is 13.6. The van der Waals surface area contributed by atoms with Crippen LogP contribution in [0.25, 0.3) is 0 Å². The lowest BCUT2D eigenvalue weighted by atomic mass is 10.0. The Kier molecular flexibility index (Phi) is 4.75. The highest BCUT2D eigenvalue weighted by Crippen LogP contribution is 2.31. The van der Waals surface area contributed by atoms with Crippen molar-refractivity contribution in [2.75, 3.05) is 13.1 Å². The monoisotopic (exact) mass is 330 g/mol. The number of rotatable bonds is 4. The maximum Gasteiger partial charge on any atom is 0.142 e. The van der Waals surface area contributed by atoms with E-state index in [2.05, 4.69) is 10.2 Å². The summed E-state index contributed by atoms with van der Waals surface area (Å²) in [5.74, 6) is -0.409. The van der Waals surface area contributed by atoms with Gasteiger partial charge in [0.1, 0.15) is 5.82 Å². The number of nitrogens with zero attached hydrogens (tertiary/aromatic N) is 1. The summed E-state index contributed by atoms with van der Waals surface area (Å²) in [4.78, 5) is 2.60. The zero-order valence-electron chi connectivity index (χ0n) is 12.2. The molecule has 0 bridgehead atoms. The average molecular weight is 331 g/mol. The molecule has 2 fully saturated rings. The van der Waals surface area contributed by atoms with Crippen LogP contribution < -0.4 is 5.32 Å². The fourth-order valence-electron chi connectivity index (χ4n) is 3.18. The Morgan fingerprint density at radius 1 is 1.14 bits per heavy atom. The summed E-state index contributed by atoms with van der Waals surface area (Å²) in [6.07, 6.45) is 5.03. The molecule has 1 atom stereocenters. The van der Waals surface area contributed by atoms with E-state index in [-0.39, 0.29) is 11.1 Å². The van der Waals surface area contributed by atoms with E-state index < -0.39 is 5.82 Å². The molecule has 3 rings (SSSR count). The minimum absolute atomic E-state index is 0.0294. The van der Waals surface area contributed by atoms with Gasteiger partial charge in [-0.3, -0.25) is 0 Å². The second-order valence-electron chi connectivity index (χ2n) is 6.22. The molecular formula is C16H21Cl2FN2. The third kappa shape index (κ3) is 3.70. The molecule has 0 aromatic heterocycles. The van der Waals surface area contributed by atoms with Crippen LogP contribution in [0.3, 0.4) is 0 Å². The van der Waals surface area contributed by atoms with E-state index in [0.717, 1.165) is 37.5 Å². The van der Waals surface area contributed by atoms with E-state index in [4.69, 9.17) is 23.2 Å². The van der Waals surface area contributed by atoms with Crippen molar-refractivity contribution < 1.29 is 4.39 Å². The van der Waals surface area contributed by atoms with Gasteiger partial charge in [-0.05, 0) is 63.4 Å². The van der Waals surface area contributed by atoms with Crippen LogP contribution in [0.4, 0.5) is 4.39 Å². The molecule has 5 heteroatoms. The van der Waals surface area contributed by atoms with E-state index in [9.17, 15) is 4.39 Å². The number of benzene rings is 1. The second-order valence-corrected chi connectivity index (χ2v) is 7.03. The fourth-order valence-corrected chi connectivity index (χ4v) is 3.73. The van der Waals surface area contributed by atoms with Crippen LogP contribution >= 0.6 is 23.2 Å².